The average Bonchev–Trinajstić information content (AvgIpc) is 3.52. The third kappa shape index (κ3) is 2.30. The lowest BCUT2D eigenvalue weighted by Gasteiger charge is -2.70. The van der Waals surface area contributed by atoms with E-state index in [0.717, 1.165) is 13.8 Å². The molecule has 11 atom stereocenters. The van der Waals surface area contributed by atoms with Crippen LogP contribution in [0.3, 0.4) is 0 Å². The predicted molar refractivity (Wildman–Crippen MR) is 112 cm³/mol. The summed E-state index contributed by atoms with van der Waals surface area (Å²) in [5.74, 6) is -7.55. The topological polar surface area (TPSA) is 178 Å². The Morgan fingerprint density at radius 3 is 2.31 bits per heavy atom. The maximum Gasteiger partial charge on any atom is 0.350 e. The molecule has 0 amide bonds. The number of ketones is 1. The van der Waals surface area contributed by atoms with Crippen LogP contribution in [0.5, 0.6) is 0 Å². The van der Waals surface area contributed by atoms with Crippen LogP contribution in [0.4, 0.5) is 0 Å². The highest BCUT2D eigenvalue weighted by atomic mass is 16.7. The molecular weight excluding hydrogens is 480 g/mol. The van der Waals surface area contributed by atoms with Gasteiger partial charge in [0, 0.05) is 25.2 Å². The van der Waals surface area contributed by atoms with Gasteiger partial charge in [0.15, 0.2) is 23.1 Å². The first kappa shape index (κ1) is 24.0. The molecule has 3 saturated heterocycles. The molecule has 2 saturated carbocycles. The number of esters is 3. The highest BCUT2D eigenvalue weighted by Gasteiger charge is 2.96. The molecule has 2 spiro atoms. The van der Waals surface area contributed by atoms with Crippen molar-refractivity contribution in [2.45, 2.75) is 75.5 Å². The van der Waals surface area contributed by atoms with E-state index < -0.39 is 94.4 Å². The van der Waals surface area contributed by atoms with Gasteiger partial charge in [-0.2, -0.15) is 0 Å². The number of hydrogen-bond donors (Lipinski definition) is 3. The molecular formula is C24H28O12. The number of allylic oxidation sites excluding steroid dienone is 1. The largest absolute Gasteiger partial charge is 0.459 e. The fraction of sp³-hybridized carbons (Fsp3) is 0.750. The zero-order valence-electron chi connectivity index (χ0n) is 20.2. The van der Waals surface area contributed by atoms with Gasteiger partial charge in [0.25, 0.3) is 0 Å². The van der Waals surface area contributed by atoms with Crippen LogP contribution in [0.1, 0.15) is 34.1 Å². The molecule has 0 unspecified atom stereocenters. The molecule has 36 heavy (non-hydrogen) atoms. The highest BCUT2D eigenvalue weighted by Crippen LogP contribution is 2.78. The fourth-order valence-electron chi connectivity index (χ4n) is 8.48. The summed E-state index contributed by atoms with van der Waals surface area (Å²) in [6.45, 7) is 4.80. The lowest BCUT2D eigenvalue weighted by molar-refractivity contribution is -0.379. The molecule has 0 aromatic rings. The van der Waals surface area contributed by atoms with E-state index >= 15 is 0 Å². The summed E-state index contributed by atoms with van der Waals surface area (Å²) in [5, 5.41) is 36.2. The first-order chi connectivity index (χ1) is 16.7. The maximum absolute atomic E-state index is 13.3. The number of epoxide rings is 1. The standard InChI is InChI=1S/C24H28O12/c1-9-5-13(27)15(28)20(4)12(9)6-14-21-7-33-23(30,18(20)21)19(35-11(3)26)22(8-32-22)24(21,31)16(17(29)36-14)34-10(2)25/h5,12,14-16,18-19,28,30-31H,6-8H2,1-4H3/t12-,14+,15+,16-,18+,19+,20+,21+,22-,23+,24-/m0/s1. The van der Waals surface area contributed by atoms with Crippen LogP contribution in [0.25, 0.3) is 0 Å². The van der Waals surface area contributed by atoms with Gasteiger partial charge in [-0.05, 0) is 25.3 Å². The molecule has 5 fully saturated rings. The van der Waals surface area contributed by atoms with E-state index in [-0.39, 0.29) is 13.0 Å². The molecule has 6 rings (SSSR count). The second-order valence-corrected chi connectivity index (χ2v) is 11.2. The highest BCUT2D eigenvalue weighted by molar-refractivity contribution is 5.96. The normalized spacial score (nSPS) is 54.1. The van der Waals surface area contributed by atoms with Crippen molar-refractivity contribution in [3.8, 4) is 0 Å². The summed E-state index contributed by atoms with van der Waals surface area (Å²) in [5.41, 5.74) is -6.82. The molecule has 3 aliphatic carbocycles. The molecule has 12 nitrogen and oxygen atoms in total. The number of fused-ring (bicyclic) bond motifs is 2. The lowest BCUT2D eigenvalue weighted by atomic mass is 9.36. The maximum atomic E-state index is 13.3. The van der Waals surface area contributed by atoms with E-state index in [1.54, 1.807) is 13.8 Å². The monoisotopic (exact) mass is 508 g/mol. The van der Waals surface area contributed by atoms with Gasteiger partial charge in [-0.25, -0.2) is 4.79 Å². The van der Waals surface area contributed by atoms with Gasteiger partial charge in [0.05, 0.1) is 18.6 Å². The van der Waals surface area contributed by atoms with Crippen molar-refractivity contribution in [1.29, 1.82) is 0 Å². The van der Waals surface area contributed by atoms with Crippen molar-refractivity contribution in [2.75, 3.05) is 13.2 Å². The number of carbonyl (C=O) groups excluding carboxylic acids is 4. The SMILES string of the molecule is CC(=O)O[C@H]1C(=O)O[C@@H]2C[C@H]3C(C)=CC(=O)[C@@H](O)[C@]3(C)[C@H]3[C@@]4(O)OC[C@]32[C@]1(O)[C@]1(CO1)[C@H]4OC(C)=O. The Bertz CT molecular complexity index is 1140. The van der Waals surface area contributed by atoms with E-state index in [1.807, 2.05) is 0 Å². The zero-order chi connectivity index (χ0) is 26.2. The molecule has 12 heteroatoms. The number of aliphatic hydroxyl groups excluding tert-OH is 1. The minimum atomic E-state index is -2.40. The van der Waals surface area contributed by atoms with Crippen LogP contribution in [-0.4, -0.2) is 93.6 Å². The quantitative estimate of drug-likeness (QED) is 0.224. The van der Waals surface area contributed by atoms with Crippen molar-refractivity contribution in [2.24, 2.45) is 22.7 Å². The molecule has 196 valence electrons. The fourth-order valence-corrected chi connectivity index (χ4v) is 8.48. The number of aliphatic hydroxyl groups is 3. The molecule has 6 aliphatic rings. The number of hydrogen-bond acceptors (Lipinski definition) is 12. The third-order valence-electron chi connectivity index (χ3n) is 9.68. The first-order valence-electron chi connectivity index (χ1n) is 11.9. The van der Waals surface area contributed by atoms with Crippen molar-refractivity contribution >= 4 is 23.7 Å². The van der Waals surface area contributed by atoms with Gasteiger partial charge in [0.1, 0.15) is 12.2 Å². The van der Waals surface area contributed by atoms with Crippen molar-refractivity contribution in [3.05, 3.63) is 11.6 Å². The second-order valence-electron chi connectivity index (χ2n) is 11.2. The Kier molecular flexibility index (Phi) is 4.48. The summed E-state index contributed by atoms with van der Waals surface area (Å²) >= 11 is 0. The molecule has 0 aromatic carbocycles. The number of rotatable bonds is 2. The van der Waals surface area contributed by atoms with Crippen molar-refractivity contribution in [1.82, 2.24) is 0 Å². The van der Waals surface area contributed by atoms with Crippen LogP contribution in [0.15, 0.2) is 11.6 Å². The molecule has 3 aliphatic heterocycles. The summed E-state index contributed by atoms with van der Waals surface area (Å²) in [7, 11) is 0. The van der Waals surface area contributed by atoms with Crippen LogP contribution >= 0.6 is 0 Å². The Morgan fingerprint density at radius 1 is 1.08 bits per heavy atom. The van der Waals surface area contributed by atoms with Crippen LogP contribution in [-0.2, 0) is 42.9 Å². The molecule has 3 N–H and O–H groups in total. The lowest BCUT2D eigenvalue weighted by Crippen LogP contribution is -2.88. The second kappa shape index (κ2) is 6.73. The van der Waals surface area contributed by atoms with Gasteiger partial charge in [-0.15, -0.1) is 0 Å². The number of ether oxygens (including phenoxy) is 5. The molecule has 0 radical (unpaired) electrons. The Hall–Kier alpha value is -2.38. The van der Waals surface area contributed by atoms with Crippen LogP contribution < -0.4 is 0 Å². The predicted octanol–water partition coefficient (Wildman–Crippen LogP) is -1.47. The smallest absolute Gasteiger partial charge is 0.350 e. The van der Waals surface area contributed by atoms with Gasteiger partial charge in [-0.1, -0.05) is 12.5 Å². The van der Waals surface area contributed by atoms with E-state index in [4.69, 9.17) is 23.7 Å². The zero-order valence-corrected chi connectivity index (χ0v) is 20.2. The van der Waals surface area contributed by atoms with Crippen molar-refractivity contribution < 1.29 is 58.2 Å². The van der Waals surface area contributed by atoms with Gasteiger partial charge < -0.3 is 39.0 Å². The van der Waals surface area contributed by atoms with E-state index in [2.05, 4.69) is 0 Å². The molecule has 2 bridgehead atoms. The Morgan fingerprint density at radius 2 is 1.72 bits per heavy atom. The third-order valence-corrected chi connectivity index (χ3v) is 9.68. The minimum absolute atomic E-state index is 0.0915. The van der Waals surface area contributed by atoms with E-state index in [0.29, 0.717) is 5.57 Å². The van der Waals surface area contributed by atoms with Crippen LogP contribution in [0, 0.1) is 22.7 Å². The Balaban J connectivity index is 1.68. The minimum Gasteiger partial charge on any atom is -0.459 e. The molecule has 0 aromatic heterocycles. The van der Waals surface area contributed by atoms with Crippen LogP contribution in [0.2, 0.25) is 0 Å². The molecule has 3 heterocycles. The van der Waals surface area contributed by atoms with Gasteiger partial charge in [-0.3, -0.25) is 14.4 Å². The summed E-state index contributed by atoms with van der Waals surface area (Å²) < 4.78 is 28.3. The summed E-state index contributed by atoms with van der Waals surface area (Å²) in [6, 6.07) is 0. The summed E-state index contributed by atoms with van der Waals surface area (Å²) in [6.07, 6.45) is -4.87. The Labute approximate surface area is 205 Å². The van der Waals surface area contributed by atoms with E-state index in [1.165, 1.54) is 6.08 Å². The van der Waals surface area contributed by atoms with Gasteiger partial charge in [0.2, 0.25) is 11.9 Å². The summed E-state index contributed by atoms with van der Waals surface area (Å²) in [4.78, 5) is 50.5. The van der Waals surface area contributed by atoms with E-state index in [9.17, 15) is 34.5 Å². The average molecular weight is 508 g/mol. The number of carbonyl (C=O) groups is 4. The van der Waals surface area contributed by atoms with Crippen molar-refractivity contribution in [3.63, 3.8) is 0 Å². The first-order valence-corrected chi connectivity index (χ1v) is 11.9. The van der Waals surface area contributed by atoms with Gasteiger partial charge >= 0.3 is 17.9 Å².